The maximum atomic E-state index is 11.0. The van der Waals surface area contributed by atoms with Gasteiger partial charge in [0.15, 0.2) is 5.11 Å². The molecule has 0 aromatic heterocycles. The molecule has 0 radical (unpaired) electrons. The third-order valence-corrected chi connectivity index (χ3v) is 3.91. The summed E-state index contributed by atoms with van der Waals surface area (Å²) in [6, 6.07) is 0.511. The van der Waals surface area contributed by atoms with E-state index in [9.17, 15) is 4.79 Å². The monoisotopic (exact) mass is 241 g/mol. The number of rotatable bonds is 2. The fraction of sp³-hybridized carbons (Fsp3) is 0.818. The fourth-order valence-corrected chi connectivity index (χ4v) is 3.04. The van der Waals surface area contributed by atoms with Gasteiger partial charge in [0.2, 0.25) is 5.91 Å². The van der Waals surface area contributed by atoms with E-state index in [0.29, 0.717) is 17.6 Å². The molecule has 3 N–H and O–H groups in total. The van der Waals surface area contributed by atoms with E-state index in [2.05, 4.69) is 16.2 Å². The van der Waals surface area contributed by atoms with E-state index in [4.69, 9.17) is 12.2 Å². The smallest absolute Gasteiger partial charge is 0.238 e. The lowest BCUT2D eigenvalue weighted by atomic mass is 9.96. The van der Waals surface area contributed by atoms with Gasteiger partial charge in [-0.1, -0.05) is 13.3 Å². The van der Waals surface area contributed by atoms with Crippen LogP contribution in [-0.4, -0.2) is 17.1 Å². The van der Waals surface area contributed by atoms with Crippen molar-refractivity contribution in [2.24, 2.45) is 11.8 Å². The summed E-state index contributed by atoms with van der Waals surface area (Å²) < 4.78 is 0. The number of hydrazine groups is 1. The van der Waals surface area contributed by atoms with Crippen LogP contribution in [0.4, 0.5) is 0 Å². The number of fused-ring (bicyclic) bond motifs is 2. The van der Waals surface area contributed by atoms with Crippen molar-refractivity contribution in [3.63, 3.8) is 0 Å². The van der Waals surface area contributed by atoms with Crippen molar-refractivity contribution < 1.29 is 4.79 Å². The Morgan fingerprint density at radius 2 is 2.12 bits per heavy atom. The van der Waals surface area contributed by atoms with Crippen molar-refractivity contribution in [3.8, 4) is 0 Å². The summed E-state index contributed by atoms with van der Waals surface area (Å²) in [4.78, 5) is 11.0. The minimum absolute atomic E-state index is 0.0444. The molecular weight excluding hydrogens is 222 g/mol. The fourth-order valence-electron chi connectivity index (χ4n) is 2.84. The first kappa shape index (κ1) is 11.6. The molecule has 0 saturated heterocycles. The van der Waals surface area contributed by atoms with Crippen LogP contribution in [-0.2, 0) is 4.79 Å². The lowest BCUT2D eigenvalue weighted by Crippen LogP contribution is -2.50. The molecule has 90 valence electrons. The van der Waals surface area contributed by atoms with Gasteiger partial charge in [-0.2, -0.15) is 0 Å². The summed E-state index contributed by atoms with van der Waals surface area (Å²) in [6.45, 7) is 1.81. The lowest BCUT2D eigenvalue weighted by molar-refractivity contribution is -0.121. The number of thiocarbonyl (C=S) groups is 1. The highest BCUT2D eigenvalue weighted by Gasteiger charge is 2.39. The SMILES string of the molecule is CCC(=O)NNC(=S)N[C@H]1C[C@@H]2CC[C@@H]1C2. The predicted octanol–water partition coefficient (Wildman–Crippen LogP) is 1.08. The molecule has 0 aliphatic heterocycles. The number of amides is 1. The van der Waals surface area contributed by atoms with Crippen LogP contribution in [0.15, 0.2) is 0 Å². The number of nitrogens with one attached hydrogen (secondary N) is 3. The van der Waals surface area contributed by atoms with E-state index >= 15 is 0 Å². The van der Waals surface area contributed by atoms with Gasteiger partial charge in [-0.3, -0.25) is 15.6 Å². The molecule has 2 saturated carbocycles. The number of carbonyl (C=O) groups is 1. The number of carbonyl (C=O) groups excluding carboxylic acids is 1. The van der Waals surface area contributed by atoms with Gasteiger partial charge in [-0.05, 0) is 43.3 Å². The van der Waals surface area contributed by atoms with Crippen LogP contribution in [0, 0.1) is 11.8 Å². The molecule has 2 aliphatic carbocycles. The van der Waals surface area contributed by atoms with E-state index in [1.54, 1.807) is 0 Å². The van der Waals surface area contributed by atoms with E-state index in [-0.39, 0.29) is 5.91 Å². The van der Waals surface area contributed by atoms with Gasteiger partial charge in [0.1, 0.15) is 0 Å². The predicted molar refractivity (Wildman–Crippen MR) is 66.5 cm³/mol. The summed E-state index contributed by atoms with van der Waals surface area (Å²) in [5, 5.41) is 3.84. The summed E-state index contributed by atoms with van der Waals surface area (Å²) in [5.41, 5.74) is 5.30. The van der Waals surface area contributed by atoms with Crippen LogP contribution >= 0.6 is 12.2 Å². The third kappa shape index (κ3) is 2.64. The third-order valence-electron chi connectivity index (χ3n) is 3.69. The zero-order chi connectivity index (χ0) is 11.5. The summed E-state index contributed by atoms with van der Waals surface area (Å²) in [6.07, 6.45) is 5.75. The van der Waals surface area contributed by atoms with Gasteiger partial charge < -0.3 is 5.32 Å². The van der Waals surface area contributed by atoms with Gasteiger partial charge in [-0.25, -0.2) is 0 Å². The van der Waals surface area contributed by atoms with Crippen LogP contribution in [0.2, 0.25) is 0 Å². The van der Waals surface area contributed by atoms with Gasteiger partial charge in [-0.15, -0.1) is 0 Å². The van der Waals surface area contributed by atoms with Gasteiger partial charge in [0.25, 0.3) is 0 Å². The molecule has 0 aromatic carbocycles. The molecule has 16 heavy (non-hydrogen) atoms. The van der Waals surface area contributed by atoms with Crippen molar-refractivity contribution in [2.75, 3.05) is 0 Å². The summed E-state index contributed by atoms with van der Waals surface area (Å²) >= 11 is 5.14. The zero-order valence-corrected chi connectivity index (χ0v) is 10.4. The Hall–Kier alpha value is -0.840. The van der Waals surface area contributed by atoms with Crippen LogP contribution in [0.25, 0.3) is 0 Å². The van der Waals surface area contributed by atoms with Gasteiger partial charge in [0.05, 0.1) is 0 Å². The van der Waals surface area contributed by atoms with Crippen LogP contribution in [0.1, 0.15) is 39.0 Å². The second kappa shape index (κ2) is 4.99. The Labute approximate surface area is 102 Å². The van der Waals surface area contributed by atoms with Crippen molar-refractivity contribution in [1.29, 1.82) is 0 Å². The normalized spacial score (nSPS) is 31.2. The van der Waals surface area contributed by atoms with Crippen molar-refractivity contribution in [3.05, 3.63) is 0 Å². The van der Waals surface area contributed by atoms with Gasteiger partial charge >= 0.3 is 0 Å². The summed E-state index contributed by atoms with van der Waals surface area (Å²) in [7, 11) is 0. The van der Waals surface area contributed by atoms with Crippen LogP contribution < -0.4 is 16.2 Å². The molecule has 5 heteroatoms. The van der Waals surface area contributed by atoms with E-state index in [0.717, 1.165) is 11.8 Å². The Morgan fingerprint density at radius 3 is 2.69 bits per heavy atom. The molecule has 2 rings (SSSR count). The quantitative estimate of drug-likeness (QED) is 0.500. The van der Waals surface area contributed by atoms with E-state index < -0.39 is 0 Å². The average Bonchev–Trinajstić information content (AvgIpc) is 2.87. The maximum absolute atomic E-state index is 11.0. The van der Waals surface area contributed by atoms with Crippen molar-refractivity contribution in [1.82, 2.24) is 16.2 Å². The first-order chi connectivity index (χ1) is 7.69. The Kier molecular flexibility index (Phi) is 3.63. The molecule has 0 unspecified atom stereocenters. The topological polar surface area (TPSA) is 53.2 Å². The molecule has 3 atom stereocenters. The Balaban J connectivity index is 1.69. The van der Waals surface area contributed by atoms with Crippen LogP contribution in [0.5, 0.6) is 0 Å². The minimum atomic E-state index is -0.0444. The molecule has 0 heterocycles. The highest BCUT2D eigenvalue weighted by Crippen LogP contribution is 2.44. The molecule has 2 fully saturated rings. The molecule has 0 aromatic rings. The average molecular weight is 241 g/mol. The second-order valence-electron chi connectivity index (χ2n) is 4.78. The zero-order valence-electron chi connectivity index (χ0n) is 9.58. The van der Waals surface area contributed by atoms with Crippen LogP contribution in [0.3, 0.4) is 0 Å². The molecule has 0 spiro atoms. The highest BCUT2D eigenvalue weighted by atomic mass is 32.1. The minimum Gasteiger partial charge on any atom is -0.358 e. The lowest BCUT2D eigenvalue weighted by Gasteiger charge is -2.24. The van der Waals surface area contributed by atoms with E-state index in [1.165, 1.54) is 25.7 Å². The largest absolute Gasteiger partial charge is 0.358 e. The van der Waals surface area contributed by atoms with Gasteiger partial charge in [0, 0.05) is 12.5 Å². The highest BCUT2D eigenvalue weighted by molar-refractivity contribution is 7.80. The number of hydrogen-bond acceptors (Lipinski definition) is 2. The van der Waals surface area contributed by atoms with Crippen molar-refractivity contribution in [2.45, 2.75) is 45.1 Å². The van der Waals surface area contributed by atoms with E-state index in [1.807, 2.05) is 6.92 Å². The maximum Gasteiger partial charge on any atom is 0.238 e. The molecular formula is C11H19N3OS. The molecule has 1 amide bonds. The molecule has 2 aliphatic rings. The standard InChI is InChI=1S/C11H19N3OS/c1-2-10(15)13-14-11(16)12-9-6-7-3-4-8(9)5-7/h7-9H,2-6H2,1H3,(H,13,15)(H2,12,14,16)/t7-,8-,9+/m1/s1. The Morgan fingerprint density at radius 1 is 1.31 bits per heavy atom. The first-order valence-electron chi connectivity index (χ1n) is 6.04. The molecule has 4 nitrogen and oxygen atoms in total. The first-order valence-corrected chi connectivity index (χ1v) is 6.45. The summed E-state index contributed by atoms with van der Waals surface area (Å²) in [5.74, 6) is 1.64. The van der Waals surface area contributed by atoms with Crippen molar-refractivity contribution >= 4 is 23.2 Å². The second-order valence-corrected chi connectivity index (χ2v) is 5.19. The number of hydrogen-bond donors (Lipinski definition) is 3. The Bertz CT molecular complexity index is 295. The molecule has 2 bridgehead atoms.